The van der Waals surface area contributed by atoms with Gasteiger partial charge in [-0.3, -0.25) is 4.79 Å². The Balaban J connectivity index is 2.58. The number of hydrogen-bond donors (Lipinski definition) is 1. The number of nitrogens with one attached hydrogen (secondary N) is 1. The predicted octanol–water partition coefficient (Wildman–Crippen LogP) is 1.53. The Morgan fingerprint density at radius 3 is 2.29 bits per heavy atom. The van der Waals surface area contributed by atoms with Gasteiger partial charge in [0.05, 0.1) is 5.41 Å². The maximum atomic E-state index is 11.8. The van der Waals surface area contributed by atoms with Crippen LogP contribution in [0.3, 0.4) is 0 Å². The molecule has 1 radical (unpaired) electrons. The van der Waals surface area contributed by atoms with E-state index in [2.05, 4.69) is 12.2 Å². The van der Waals surface area contributed by atoms with Crippen molar-refractivity contribution in [2.24, 2.45) is 5.41 Å². The topological polar surface area (TPSA) is 38.3 Å². The molecule has 1 N–H and O–H groups in total. The second-order valence-electron chi connectivity index (χ2n) is 5.03. The molecule has 0 bridgehead atoms. The Kier molecular flexibility index (Phi) is 3.20. The molecule has 3 heteroatoms. The number of ether oxygens (including phenoxy) is 1. The second kappa shape index (κ2) is 3.89. The lowest BCUT2D eigenvalue weighted by molar-refractivity contribution is -0.166. The van der Waals surface area contributed by atoms with E-state index in [1.807, 2.05) is 20.8 Å². The smallest absolute Gasteiger partial charge is 0.312 e. The Morgan fingerprint density at radius 1 is 1.36 bits per heavy atom. The molecule has 0 spiro atoms. The van der Waals surface area contributed by atoms with Gasteiger partial charge in [-0.2, -0.15) is 0 Å². The lowest BCUT2D eigenvalue weighted by Crippen LogP contribution is -2.43. The van der Waals surface area contributed by atoms with Gasteiger partial charge in [-0.05, 0) is 53.6 Å². The van der Waals surface area contributed by atoms with Crippen LogP contribution in [-0.2, 0) is 9.53 Å². The van der Waals surface area contributed by atoms with E-state index < -0.39 is 11.0 Å². The first-order valence-electron chi connectivity index (χ1n) is 5.13. The molecule has 0 aliphatic carbocycles. The van der Waals surface area contributed by atoms with Crippen LogP contribution in [0.1, 0.15) is 33.6 Å². The van der Waals surface area contributed by atoms with Gasteiger partial charge < -0.3 is 10.1 Å². The fourth-order valence-corrected chi connectivity index (χ4v) is 1.50. The Morgan fingerprint density at radius 2 is 1.86 bits per heavy atom. The van der Waals surface area contributed by atoms with E-state index >= 15 is 0 Å². The molecule has 14 heavy (non-hydrogen) atoms. The summed E-state index contributed by atoms with van der Waals surface area (Å²) in [4.78, 5) is 11.8. The Hall–Kier alpha value is -0.570. The van der Waals surface area contributed by atoms with Gasteiger partial charge in [0.15, 0.2) is 0 Å². The highest BCUT2D eigenvalue weighted by Gasteiger charge is 2.38. The van der Waals surface area contributed by atoms with E-state index in [1.165, 1.54) is 0 Å². The molecule has 0 aromatic carbocycles. The van der Waals surface area contributed by atoms with Crippen molar-refractivity contribution < 1.29 is 9.53 Å². The summed E-state index contributed by atoms with van der Waals surface area (Å²) in [6.45, 7) is 11.4. The second-order valence-corrected chi connectivity index (χ2v) is 5.03. The third-order valence-corrected chi connectivity index (χ3v) is 2.39. The van der Waals surface area contributed by atoms with Crippen molar-refractivity contribution in [1.29, 1.82) is 0 Å². The maximum absolute atomic E-state index is 11.8. The quantitative estimate of drug-likeness (QED) is 0.649. The summed E-state index contributed by atoms with van der Waals surface area (Å²) in [7, 11) is 0. The average molecular weight is 198 g/mol. The minimum atomic E-state index is -0.529. The van der Waals surface area contributed by atoms with Gasteiger partial charge in [0.25, 0.3) is 0 Å². The minimum absolute atomic E-state index is 0.161. The van der Waals surface area contributed by atoms with Gasteiger partial charge in [-0.15, -0.1) is 0 Å². The van der Waals surface area contributed by atoms with Crippen molar-refractivity contribution >= 4 is 5.97 Å². The van der Waals surface area contributed by atoms with Crippen LogP contribution < -0.4 is 5.32 Å². The summed E-state index contributed by atoms with van der Waals surface area (Å²) in [6.07, 6.45) is 1.53. The fraction of sp³-hybridized carbons (Fsp3) is 0.818. The van der Waals surface area contributed by atoms with Crippen molar-refractivity contribution in [3.05, 3.63) is 6.92 Å². The highest BCUT2D eigenvalue weighted by Crippen LogP contribution is 2.30. The van der Waals surface area contributed by atoms with Gasteiger partial charge in [0.2, 0.25) is 0 Å². The van der Waals surface area contributed by atoms with E-state index in [1.54, 1.807) is 0 Å². The normalized spacial score (nSPS) is 21.7. The summed E-state index contributed by atoms with van der Waals surface area (Å²) >= 11 is 0. The van der Waals surface area contributed by atoms with E-state index in [-0.39, 0.29) is 5.97 Å². The summed E-state index contributed by atoms with van der Waals surface area (Å²) < 4.78 is 5.35. The zero-order chi connectivity index (χ0) is 10.8. The third kappa shape index (κ3) is 2.98. The van der Waals surface area contributed by atoms with Crippen molar-refractivity contribution in [2.45, 2.75) is 39.2 Å². The molecular formula is C11H20NO2. The molecule has 1 saturated heterocycles. The van der Waals surface area contributed by atoms with Crippen LogP contribution in [0.15, 0.2) is 0 Å². The van der Waals surface area contributed by atoms with Gasteiger partial charge in [-0.25, -0.2) is 0 Å². The molecule has 0 aromatic heterocycles. The molecule has 0 atom stereocenters. The molecule has 0 unspecified atom stereocenters. The third-order valence-electron chi connectivity index (χ3n) is 2.39. The van der Waals surface area contributed by atoms with Gasteiger partial charge in [0, 0.05) is 0 Å². The number of carbonyl (C=O) groups excluding carboxylic acids is 1. The van der Waals surface area contributed by atoms with Crippen LogP contribution in [0.4, 0.5) is 0 Å². The van der Waals surface area contributed by atoms with Gasteiger partial charge in [-0.1, -0.05) is 0 Å². The van der Waals surface area contributed by atoms with Crippen LogP contribution in [0, 0.1) is 12.3 Å². The highest BCUT2D eigenvalue weighted by molar-refractivity contribution is 5.78. The molecule has 81 valence electrons. The van der Waals surface area contributed by atoms with Crippen LogP contribution in [-0.4, -0.2) is 24.7 Å². The average Bonchev–Trinajstić information content (AvgIpc) is 2.02. The highest BCUT2D eigenvalue weighted by atomic mass is 16.6. The van der Waals surface area contributed by atoms with Crippen LogP contribution in [0.2, 0.25) is 0 Å². The zero-order valence-electron chi connectivity index (χ0n) is 9.35. The van der Waals surface area contributed by atoms with Crippen LogP contribution in [0.25, 0.3) is 0 Å². The number of piperidine rings is 1. The lowest BCUT2D eigenvalue weighted by atomic mass is 9.81. The first-order chi connectivity index (χ1) is 6.33. The zero-order valence-corrected chi connectivity index (χ0v) is 9.35. The van der Waals surface area contributed by atoms with E-state index in [4.69, 9.17) is 4.74 Å². The van der Waals surface area contributed by atoms with E-state index in [9.17, 15) is 4.79 Å². The molecule has 1 heterocycles. The largest absolute Gasteiger partial charge is 0.460 e. The lowest BCUT2D eigenvalue weighted by Gasteiger charge is -2.34. The monoisotopic (exact) mass is 198 g/mol. The first kappa shape index (κ1) is 11.5. The SMILES string of the molecule is [CH2]C1(C(=O)OC(C)(C)C)CCNCC1. The van der Waals surface area contributed by atoms with Crippen molar-refractivity contribution in [2.75, 3.05) is 13.1 Å². The number of rotatable bonds is 1. The molecule has 1 fully saturated rings. The molecule has 1 aliphatic rings. The minimum Gasteiger partial charge on any atom is -0.460 e. The summed E-state index contributed by atoms with van der Waals surface area (Å²) in [5.74, 6) is -0.161. The molecule has 0 aromatic rings. The fourth-order valence-electron chi connectivity index (χ4n) is 1.50. The predicted molar refractivity (Wildman–Crippen MR) is 55.7 cm³/mol. The Labute approximate surface area is 86.2 Å². The van der Waals surface area contributed by atoms with Gasteiger partial charge >= 0.3 is 5.97 Å². The van der Waals surface area contributed by atoms with Crippen molar-refractivity contribution in [3.8, 4) is 0 Å². The van der Waals surface area contributed by atoms with E-state index in [0.29, 0.717) is 0 Å². The maximum Gasteiger partial charge on any atom is 0.312 e. The molecular weight excluding hydrogens is 178 g/mol. The summed E-state index contributed by atoms with van der Waals surface area (Å²) in [6, 6.07) is 0. The summed E-state index contributed by atoms with van der Waals surface area (Å²) in [5.41, 5.74) is -0.939. The Bertz CT molecular complexity index is 212. The molecule has 1 rings (SSSR count). The summed E-state index contributed by atoms with van der Waals surface area (Å²) in [5, 5.41) is 3.21. The van der Waals surface area contributed by atoms with Crippen molar-refractivity contribution in [3.63, 3.8) is 0 Å². The number of esters is 1. The van der Waals surface area contributed by atoms with Gasteiger partial charge in [0.1, 0.15) is 5.60 Å². The van der Waals surface area contributed by atoms with Crippen molar-refractivity contribution in [1.82, 2.24) is 5.32 Å². The molecule has 1 aliphatic heterocycles. The van der Waals surface area contributed by atoms with E-state index in [0.717, 1.165) is 25.9 Å². The number of carbonyl (C=O) groups is 1. The molecule has 3 nitrogen and oxygen atoms in total. The molecule has 0 saturated carbocycles. The standard InChI is InChI=1S/C11H20NO2/c1-10(2,3)14-9(13)11(4)5-7-12-8-6-11/h12H,4-8H2,1-3H3. The van der Waals surface area contributed by atoms with Crippen LogP contribution >= 0.6 is 0 Å². The van der Waals surface area contributed by atoms with Crippen LogP contribution in [0.5, 0.6) is 0 Å². The molecule has 0 amide bonds. The first-order valence-corrected chi connectivity index (χ1v) is 5.13. The number of hydrogen-bond acceptors (Lipinski definition) is 3.